The van der Waals surface area contributed by atoms with E-state index in [2.05, 4.69) is 185 Å². The lowest BCUT2D eigenvalue weighted by Gasteiger charge is -2.23. The van der Waals surface area contributed by atoms with Crippen molar-refractivity contribution in [1.29, 1.82) is 0 Å². The van der Waals surface area contributed by atoms with Crippen LogP contribution in [0.25, 0.3) is 98.7 Å². The van der Waals surface area contributed by atoms with Crippen LogP contribution in [0.3, 0.4) is 0 Å². The van der Waals surface area contributed by atoms with Gasteiger partial charge in [0.2, 0.25) is 0 Å². The number of hydrogen-bond acceptors (Lipinski definition) is 0. The molecule has 0 radical (unpaired) electrons. The molecule has 0 spiro atoms. The van der Waals surface area contributed by atoms with Gasteiger partial charge < -0.3 is 9.13 Å². The molecule has 242 valence electrons. The van der Waals surface area contributed by atoms with Gasteiger partial charge in [0.05, 0.1) is 22.6 Å². The Hall–Kier alpha value is -6.64. The molecule has 2 heteroatoms. The van der Waals surface area contributed by atoms with Crippen LogP contribution >= 0.6 is 0 Å². The number of nitrogens with zero attached hydrogens (tertiary/aromatic N) is 2. The third-order valence-electron chi connectivity index (χ3n) is 11.7. The number of aromatic nitrogens is 2. The number of hydrogen-bond donors (Lipinski definition) is 0. The summed E-state index contributed by atoms with van der Waals surface area (Å²) >= 11 is 0. The number of para-hydroxylation sites is 3. The Bertz CT molecular complexity index is 3170. The average Bonchev–Trinajstić information content (AvgIpc) is 3.86. The fraction of sp³-hybridized carbons (Fsp3) is 0.0400. The molecular weight excluding hydrogens is 629 g/mol. The van der Waals surface area contributed by atoms with Crippen molar-refractivity contribution < 1.29 is 0 Å². The fourth-order valence-electron chi connectivity index (χ4n) is 9.70. The van der Waals surface area contributed by atoms with E-state index in [0.29, 0.717) is 0 Å². The Kier molecular flexibility index (Phi) is 5.64. The highest BCUT2D eigenvalue weighted by Crippen LogP contribution is 2.50. The molecule has 12 rings (SSSR count). The second kappa shape index (κ2) is 10.4. The zero-order valence-electron chi connectivity index (χ0n) is 28.4. The van der Waals surface area contributed by atoms with E-state index in [9.17, 15) is 0 Å². The van der Waals surface area contributed by atoms with Crippen LogP contribution in [-0.4, -0.2) is 9.13 Å². The Morgan fingerprint density at radius 3 is 1.81 bits per heavy atom. The monoisotopic (exact) mass is 660 g/mol. The highest BCUT2D eigenvalue weighted by atomic mass is 15.0. The second-order valence-electron chi connectivity index (χ2n) is 14.3. The van der Waals surface area contributed by atoms with Gasteiger partial charge in [0, 0.05) is 38.1 Å². The summed E-state index contributed by atoms with van der Waals surface area (Å²) in [5.41, 5.74) is 14.2. The molecule has 0 amide bonds. The molecule has 2 aromatic heterocycles. The van der Waals surface area contributed by atoms with Crippen molar-refractivity contribution in [3.63, 3.8) is 0 Å². The standard InChI is InChI=1S/C50H32N2/c1-2-15-32(16-3-1)51-44-26-10-8-22-42(44)47-39-20-6-7-21-41(39)49-48(50(47)51)43-23-9-11-27-45(43)52(49)33-17-12-14-31(30-33)34-28-29-40-36-19-5-4-18-35(36)38-25-13-24-37(34)46(38)40/h1-16,18-30,33H,17H2. The van der Waals surface area contributed by atoms with Crippen LogP contribution in [0.2, 0.25) is 0 Å². The predicted octanol–water partition coefficient (Wildman–Crippen LogP) is 13.4. The summed E-state index contributed by atoms with van der Waals surface area (Å²) in [5.74, 6) is 0. The Labute approximate surface area is 300 Å². The lowest BCUT2D eigenvalue weighted by Crippen LogP contribution is -2.09. The van der Waals surface area contributed by atoms with Crippen molar-refractivity contribution in [3.05, 3.63) is 182 Å². The van der Waals surface area contributed by atoms with Gasteiger partial charge >= 0.3 is 0 Å². The molecule has 0 aliphatic heterocycles. The Morgan fingerprint density at radius 1 is 0.404 bits per heavy atom. The van der Waals surface area contributed by atoms with Gasteiger partial charge in [-0.1, -0.05) is 152 Å². The maximum Gasteiger partial charge on any atom is 0.0647 e. The summed E-state index contributed by atoms with van der Waals surface area (Å²) < 4.78 is 5.15. The van der Waals surface area contributed by atoms with Crippen molar-refractivity contribution in [2.45, 2.75) is 12.5 Å². The maximum absolute atomic E-state index is 2.65. The van der Waals surface area contributed by atoms with Gasteiger partial charge in [-0.25, -0.2) is 0 Å². The number of allylic oxidation sites excluding steroid dienone is 4. The van der Waals surface area contributed by atoms with Crippen LogP contribution in [0.4, 0.5) is 0 Å². The van der Waals surface area contributed by atoms with Crippen LogP contribution < -0.4 is 0 Å². The van der Waals surface area contributed by atoms with E-state index < -0.39 is 0 Å². The van der Waals surface area contributed by atoms with Crippen molar-refractivity contribution in [3.8, 4) is 27.9 Å². The minimum absolute atomic E-state index is 0.137. The molecule has 0 saturated heterocycles. The molecular formula is C50H32N2. The predicted molar refractivity (Wildman–Crippen MR) is 220 cm³/mol. The second-order valence-corrected chi connectivity index (χ2v) is 14.3. The maximum atomic E-state index is 2.65. The quantitative estimate of drug-likeness (QED) is 0.178. The van der Waals surface area contributed by atoms with Gasteiger partial charge in [-0.15, -0.1) is 0 Å². The molecule has 2 aliphatic rings. The first kappa shape index (κ1) is 28.1. The van der Waals surface area contributed by atoms with E-state index in [-0.39, 0.29) is 6.04 Å². The smallest absolute Gasteiger partial charge is 0.0647 e. The van der Waals surface area contributed by atoms with Crippen LogP contribution in [-0.2, 0) is 0 Å². The zero-order chi connectivity index (χ0) is 33.9. The van der Waals surface area contributed by atoms with Gasteiger partial charge in [0.1, 0.15) is 0 Å². The first-order valence-corrected chi connectivity index (χ1v) is 18.3. The largest absolute Gasteiger partial charge is 0.333 e. The molecule has 1 unspecified atom stereocenters. The van der Waals surface area contributed by atoms with Crippen molar-refractivity contribution in [1.82, 2.24) is 9.13 Å². The summed E-state index contributed by atoms with van der Waals surface area (Å²) in [6, 6.07) is 58.5. The zero-order valence-corrected chi connectivity index (χ0v) is 28.4. The average molecular weight is 661 g/mol. The minimum Gasteiger partial charge on any atom is -0.333 e. The van der Waals surface area contributed by atoms with E-state index in [1.54, 1.807) is 0 Å². The molecule has 10 aromatic rings. The van der Waals surface area contributed by atoms with Crippen molar-refractivity contribution >= 4 is 70.7 Å². The van der Waals surface area contributed by atoms with Crippen LogP contribution in [0.15, 0.2) is 176 Å². The SMILES string of the molecule is C1=CC(c2ccc3c4c(cccc24)-c2ccccc2-3)=CC(n2c3ccccc3c3c4c(c5ccccc5c32)c2ccccc2n4-c2ccccc2)C1. The summed E-state index contributed by atoms with van der Waals surface area (Å²) in [7, 11) is 0. The first-order chi connectivity index (χ1) is 25.8. The van der Waals surface area contributed by atoms with Crippen molar-refractivity contribution in [2.24, 2.45) is 0 Å². The summed E-state index contributed by atoms with van der Waals surface area (Å²) in [6.07, 6.45) is 8.20. The van der Waals surface area contributed by atoms with Crippen LogP contribution in [0.5, 0.6) is 0 Å². The van der Waals surface area contributed by atoms with E-state index in [1.165, 1.54) is 104 Å². The van der Waals surface area contributed by atoms with Gasteiger partial charge in [-0.3, -0.25) is 0 Å². The molecule has 52 heavy (non-hydrogen) atoms. The highest BCUT2D eigenvalue weighted by molar-refractivity contribution is 6.36. The normalized spacial score (nSPS) is 15.1. The molecule has 0 saturated carbocycles. The Morgan fingerprint density at radius 2 is 1.00 bits per heavy atom. The van der Waals surface area contributed by atoms with Gasteiger partial charge in [0.25, 0.3) is 0 Å². The topological polar surface area (TPSA) is 9.86 Å². The van der Waals surface area contributed by atoms with Crippen LogP contribution in [0, 0.1) is 0 Å². The number of fused-ring (bicyclic) bond motifs is 13. The van der Waals surface area contributed by atoms with E-state index in [4.69, 9.17) is 0 Å². The molecule has 0 bridgehead atoms. The van der Waals surface area contributed by atoms with Gasteiger partial charge in [-0.05, 0) is 80.2 Å². The van der Waals surface area contributed by atoms with E-state index in [0.717, 1.165) is 6.42 Å². The highest BCUT2D eigenvalue weighted by Gasteiger charge is 2.27. The molecule has 2 nitrogen and oxygen atoms in total. The molecule has 2 aliphatic carbocycles. The van der Waals surface area contributed by atoms with Crippen molar-refractivity contribution in [2.75, 3.05) is 0 Å². The fourth-order valence-corrected chi connectivity index (χ4v) is 9.70. The van der Waals surface area contributed by atoms with Gasteiger partial charge in [0.15, 0.2) is 0 Å². The van der Waals surface area contributed by atoms with E-state index >= 15 is 0 Å². The first-order valence-electron chi connectivity index (χ1n) is 18.3. The summed E-state index contributed by atoms with van der Waals surface area (Å²) in [6.45, 7) is 0. The third-order valence-corrected chi connectivity index (χ3v) is 11.7. The number of benzene rings is 8. The molecule has 1 atom stereocenters. The Balaban J connectivity index is 1.18. The lowest BCUT2D eigenvalue weighted by molar-refractivity contribution is 0.651. The summed E-state index contributed by atoms with van der Waals surface area (Å²) in [4.78, 5) is 0. The molecule has 0 N–H and O–H groups in total. The lowest BCUT2D eigenvalue weighted by atomic mass is 9.90. The molecule has 0 fully saturated rings. The van der Waals surface area contributed by atoms with Gasteiger partial charge in [-0.2, -0.15) is 0 Å². The summed E-state index contributed by atoms with van der Waals surface area (Å²) in [5, 5.41) is 10.5. The minimum atomic E-state index is 0.137. The molecule has 2 heterocycles. The molecule has 8 aromatic carbocycles. The number of rotatable bonds is 3. The van der Waals surface area contributed by atoms with Crippen LogP contribution in [0.1, 0.15) is 18.0 Å². The third kappa shape index (κ3) is 3.63. The van der Waals surface area contributed by atoms with E-state index in [1.807, 2.05) is 0 Å².